The van der Waals surface area contributed by atoms with E-state index in [0.29, 0.717) is 6.54 Å². The predicted octanol–water partition coefficient (Wildman–Crippen LogP) is 0.0903. The van der Waals surface area contributed by atoms with Crippen molar-refractivity contribution >= 4 is 12.4 Å². The number of rotatable bonds is 3. The molecule has 0 saturated carbocycles. The van der Waals surface area contributed by atoms with Gasteiger partial charge in [-0.2, -0.15) is 0 Å². The van der Waals surface area contributed by atoms with Gasteiger partial charge in [-0.25, -0.2) is 4.79 Å². The van der Waals surface area contributed by atoms with E-state index >= 15 is 0 Å². The molecule has 2 N–H and O–H groups in total. The lowest BCUT2D eigenvalue weighted by molar-refractivity contribution is 0.224. The van der Waals surface area contributed by atoms with Crippen LogP contribution in [-0.2, 0) is 4.79 Å². The maximum absolute atomic E-state index is 10.4. The van der Waals surface area contributed by atoms with Crippen LogP contribution in [0, 0.1) is 5.92 Å². The molecule has 0 atom stereocenters. The number of urea groups is 1. The second-order valence-corrected chi connectivity index (χ2v) is 2.43. The highest BCUT2D eigenvalue weighted by atomic mass is 16.2. The molecule has 0 bridgehead atoms. The maximum atomic E-state index is 10.4. The first kappa shape index (κ1) is 8.94. The summed E-state index contributed by atoms with van der Waals surface area (Å²) >= 11 is 0. The summed E-state index contributed by atoms with van der Waals surface area (Å²) in [5.74, 6) is 0.231. The predicted molar refractivity (Wildman–Crippen MR) is 36.8 cm³/mol. The van der Waals surface area contributed by atoms with Gasteiger partial charge in [0, 0.05) is 6.54 Å². The molecule has 0 spiro atoms. The molecule has 4 heteroatoms. The molecule has 0 aromatic carbocycles. The van der Waals surface area contributed by atoms with E-state index in [-0.39, 0.29) is 5.92 Å². The van der Waals surface area contributed by atoms with Crippen LogP contribution in [-0.4, -0.2) is 23.9 Å². The van der Waals surface area contributed by atoms with Crippen LogP contribution in [0.2, 0.25) is 0 Å². The van der Waals surface area contributed by atoms with E-state index in [1.54, 1.807) is 0 Å². The van der Waals surface area contributed by atoms with Crippen molar-refractivity contribution < 1.29 is 9.59 Å². The van der Waals surface area contributed by atoms with E-state index < -0.39 is 6.03 Å². The van der Waals surface area contributed by atoms with Crippen molar-refractivity contribution in [2.45, 2.75) is 13.8 Å². The Balaban J connectivity index is 3.83. The summed E-state index contributed by atoms with van der Waals surface area (Å²) < 4.78 is 0. The highest BCUT2D eigenvalue weighted by molar-refractivity contribution is 5.83. The highest BCUT2D eigenvalue weighted by Gasteiger charge is 2.09. The molecule has 0 aliphatic heterocycles. The van der Waals surface area contributed by atoms with Crippen LogP contribution in [0.5, 0.6) is 0 Å². The zero-order valence-electron chi connectivity index (χ0n) is 6.13. The molecular formula is C6H11N2O2. The van der Waals surface area contributed by atoms with E-state index in [1.165, 1.54) is 6.41 Å². The van der Waals surface area contributed by atoms with E-state index in [9.17, 15) is 9.59 Å². The molecule has 4 nitrogen and oxygen atoms in total. The average molecular weight is 143 g/mol. The molecule has 0 aliphatic carbocycles. The summed E-state index contributed by atoms with van der Waals surface area (Å²) in [7, 11) is 0. The summed E-state index contributed by atoms with van der Waals surface area (Å²) in [5, 5.41) is 0. The molecule has 57 valence electrons. The molecule has 0 fully saturated rings. The number of primary amides is 1. The largest absolute Gasteiger partial charge is 0.351 e. The molecule has 0 aromatic heterocycles. The lowest BCUT2D eigenvalue weighted by atomic mass is 10.2. The fourth-order valence-corrected chi connectivity index (χ4v) is 0.537. The number of nitrogens with two attached hydrogens (primary N) is 1. The molecule has 0 aromatic rings. The number of nitrogens with zero attached hydrogens (tertiary/aromatic N) is 1. The smallest absolute Gasteiger partial charge is 0.321 e. The van der Waals surface area contributed by atoms with Gasteiger partial charge in [-0.15, -0.1) is 0 Å². The molecule has 3 amide bonds. The molecule has 0 heterocycles. The Labute approximate surface area is 60.0 Å². The van der Waals surface area contributed by atoms with E-state index in [2.05, 4.69) is 0 Å². The number of carbonyl (C=O) groups is 1. The third kappa shape index (κ3) is 3.06. The van der Waals surface area contributed by atoms with Crippen LogP contribution in [0.25, 0.3) is 0 Å². The van der Waals surface area contributed by atoms with Crippen molar-refractivity contribution in [3.63, 3.8) is 0 Å². The highest BCUT2D eigenvalue weighted by Crippen LogP contribution is 1.94. The van der Waals surface area contributed by atoms with Gasteiger partial charge in [-0.05, 0) is 5.92 Å². The monoisotopic (exact) mass is 143 g/mol. The summed E-state index contributed by atoms with van der Waals surface area (Å²) in [5.41, 5.74) is 4.82. The quantitative estimate of drug-likeness (QED) is 0.569. The van der Waals surface area contributed by atoms with Crippen LogP contribution in [0.15, 0.2) is 0 Å². The molecule has 0 unspecified atom stereocenters. The normalized spacial score (nSPS) is 9.50. The third-order valence-corrected chi connectivity index (χ3v) is 0.924. The zero-order valence-corrected chi connectivity index (χ0v) is 6.13. The van der Waals surface area contributed by atoms with Gasteiger partial charge in [0.05, 0.1) is 0 Å². The van der Waals surface area contributed by atoms with Gasteiger partial charge >= 0.3 is 12.4 Å². The minimum Gasteiger partial charge on any atom is -0.351 e. The van der Waals surface area contributed by atoms with Gasteiger partial charge in [0.25, 0.3) is 0 Å². The first-order chi connectivity index (χ1) is 4.57. The molecule has 10 heavy (non-hydrogen) atoms. The lowest BCUT2D eigenvalue weighted by Crippen LogP contribution is -2.36. The fraction of sp³-hybridized carbons (Fsp3) is 0.667. The van der Waals surface area contributed by atoms with Gasteiger partial charge in [0.2, 0.25) is 0 Å². The SMILES string of the molecule is CC(C)CN([C]=O)C(N)=O. The number of hydrogen-bond donors (Lipinski definition) is 1. The van der Waals surface area contributed by atoms with Crippen LogP contribution in [0.4, 0.5) is 4.79 Å². The Morgan fingerprint density at radius 2 is 2.20 bits per heavy atom. The molecule has 0 saturated heterocycles. The number of imide groups is 1. The molecule has 1 radical (unpaired) electrons. The Hall–Kier alpha value is -1.06. The second-order valence-electron chi connectivity index (χ2n) is 2.43. The van der Waals surface area contributed by atoms with Crippen molar-refractivity contribution in [3.8, 4) is 0 Å². The Morgan fingerprint density at radius 1 is 1.70 bits per heavy atom. The van der Waals surface area contributed by atoms with Crippen LogP contribution in [0.1, 0.15) is 13.8 Å². The van der Waals surface area contributed by atoms with E-state index in [4.69, 9.17) is 5.73 Å². The van der Waals surface area contributed by atoms with Crippen molar-refractivity contribution in [2.75, 3.05) is 6.54 Å². The number of hydrogen-bond acceptors (Lipinski definition) is 2. The Kier molecular flexibility index (Phi) is 3.46. The number of amides is 3. The lowest BCUT2D eigenvalue weighted by Gasteiger charge is -2.12. The standard InChI is InChI=1S/C6H11N2O2/c1-5(2)3-8(4-9)6(7)10/h5H,3H2,1-2H3,(H2,7,10). The average Bonchev–Trinajstić information content (AvgIpc) is 1.81. The van der Waals surface area contributed by atoms with Crippen LogP contribution < -0.4 is 5.73 Å². The Bertz CT molecular complexity index is 134. The first-order valence-electron chi connectivity index (χ1n) is 3.02. The first-order valence-corrected chi connectivity index (χ1v) is 3.02. The van der Waals surface area contributed by atoms with Crippen LogP contribution in [0.3, 0.4) is 0 Å². The minimum absolute atomic E-state index is 0.231. The van der Waals surface area contributed by atoms with Gasteiger partial charge < -0.3 is 5.73 Å². The van der Waals surface area contributed by atoms with Crippen molar-refractivity contribution in [3.05, 3.63) is 0 Å². The maximum Gasteiger partial charge on any atom is 0.321 e. The molecule has 0 rings (SSSR count). The zero-order chi connectivity index (χ0) is 8.15. The van der Waals surface area contributed by atoms with Crippen molar-refractivity contribution in [1.29, 1.82) is 0 Å². The van der Waals surface area contributed by atoms with E-state index in [0.717, 1.165) is 4.90 Å². The summed E-state index contributed by atoms with van der Waals surface area (Å²) in [4.78, 5) is 21.2. The third-order valence-electron chi connectivity index (χ3n) is 0.924. The van der Waals surface area contributed by atoms with Crippen LogP contribution >= 0.6 is 0 Å². The van der Waals surface area contributed by atoms with Gasteiger partial charge in [0.15, 0.2) is 0 Å². The second kappa shape index (κ2) is 3.87. The Morgan fingerprint density at radius 3 is 2.30 bits per heavy atom. The van der Waals surface area contributed by atoms with Gasteiger partial charge in [0.1, 0.15) is 0 Å². The van der Waals surface area contributed by atoms with Crippen molar-refractivity contribution in [1.82, 2.24) is 4.90 Å². The topological polar surface area (TPSA) is 63.4 Å². The summed E-state index contributed by atoms with van der Waals surface area (Å²) in [6.45, 7) is 4.10. The number of carbonyl (C=O) groups excluding carboxylic acids is 2. The molecule has 0 aliphatic rings. The van der Waals surface area contributed by atoms with Gasteiger partial charge in [-0.1, -0.05) is 13.8 Å². The summed E-state index contributed by atoms with van der Waals surface area (Å²) in [6.07, 6.45) is 1.44. The van der Waals surface area contributed by atoms with Crippen molar-refractivity contribution in [2.24, 2.45) is 11.7 Å². The summed E-state index contributed by atoms with van der Waals surface area (Å²) in [6, 6.07) is -0.747. The molecular weight excluding hydrogens is 132 g/mol. The minimum atomic E-state index is -0.747. The van der Waals surface area contributed by atoms with Gasteiger partial charge in [-0.3, -0.25) is 9.69 Å². The fourth-order valence-electron chi connectivity index (χ4n) is 0.537. The van der Waals surface area contributed by atoms with E-state index in [1.807, 2.05) is 13.8 Å².